The van der Waals surface area contributed by atoms with Gasteiger partial charge in [0.1, 0.15) is 5.69 Å². The van der Waals surface area contributed by atoms with Crippen molar-refractivity contribution in [2.24, 2.45) is 4.99 Å². The Balaban J connectivity index is 1.96. The molecule has 0 atom stereocenters. The number of pyridine rings is 1. The van der Waals surface area contributed by atoms with Gasteiger partial charge in [-0.15, -0.1) is 5.10 Å². The van der Waals surface area contributed by atoms with Crippen molar-refractivity contribution in [2.45, 2.75) is 32.1 Å². The lowest BCUT2D eigenvalue weighted by Gasteiger charge is -2.13. The molecule has 2 aliphatic rings. The van der Waals surface area contributed by atoms with Crippen molar-refractivity contribution in [3.8, 4) is 0 Å². The van der Waals surface area contributed by atoms with Gasteiger partial charge in [0.05, 0.1) is 5.52 Å². The fourth-order valence-corrected chi connectivity index (χ4v) is 3.41. The molecule has 0 bridgehead atoms. The molecule has 0 aromatic carbocycles. The zero-order chi connectivity index (χ0) is 12.8. The van der Waals surface area contributed by atoms with E-state index in [0.29, 0.717) is 0 Å². The van der Waals surface area contributed by atoms with Crippen molar-refractivity contribution < 1.29 is 0 Å². The minimum Gasteiger partial charge on any atom is -0.353 e. The molecule has 0 radical (unpaired) electrons. The number of fused-ring (bicyclic) bond motifs is 3. The quantitative estimate of drug-likeness (QED) is 0.772. The second kappa shape index (κ2) is 4.08. The molecule has 0 saturated carbocycles. The van der Waals surface area contributed by atoms with Crippen LogP contribution in [0.2, 0.25) is 0 Å². The highest BCUT2D eigenvalue weighted by molar-refractivity contribution is 5.83. The highest BCUT2D eigenvalue weighted by atomic mass is 15.3. The number of aliphatic imine (C=N–C) groups is 1. The lowest BCUT2D eigenvalue weighted by atomic mass is 10.2. The predicted molar refractivity (Wildman–Crippen MR) is 77.9 cm³/mol. The van der Waals surface area contributed by atoms with E-state index in [1.54, 1.807) is 0 Å². The number of hydrogen-bond acceptors (Lipinski definition) is 3. The predicted octanol–water partition coefficient (Wildman–Crippen LogP) is 2.76. The molecule has 4 nitrogen and oxygen atoms in total. The van der Waals surface area contributed by atoms with Crippen molar-refractivity contribution in [3.05, 3.63) is 23.4 Å². The van der Waals surface area contributed by atoms with E-state index in [1.807, 2.05) is 0 Å². The van der Waals surface area contributed by atoms with Crippen LogP contribution >= 0.6 is 0 Å². The molecule has 4 rings (SSSR count). The smallest absolute Gasteiger partial charge is 0.177 e. The molecule has 1 saturated heterocycles. The van der Waals surface area contributed by atoms with Gasteiger partial charge in [0, 0.05) is 18.8 Å². The SMILES string of the molecule is C=Nc1c(N2CCCC2)nn2c3c(ccc12)CCC3. The third kappa shape index (κ3) is 1.52. The lowest BCUT2D eigenvalue weighted by molar-refractivity contribution is 0.826. The summed E-state index contributed by atoms with van der Waals surface area (Å²) in [7, 11) is 0. The fraction of sp³-hybridized carbons (Fsp3) is 0.467. The summed E-state index contributed by atoms with van der Waals surface area (Å²) in [5.74, 6) is 1.02. The van der Waals surface area contributed by atoms with Crippen LogP contribution in [-0.2, 0) is 12.8 Å². The van der Waals surface area contributed by atoms with Crippen molar-refractivity contribution in [2.75, 3.05) is 18.0 Å². The molecule has 2 aromatic rings. The zero-order valence-corrected chi connectivity index (χ0v) is 11.1. The maximum absolute atomic E-state index is 4.85. The van der Waals surface area contributed by atoms with E-state index in [4.69, 9.17) is 5.10 Å². The van der Waals surface area contributed by atoms with E-state index in [0.717, 1.165) is 36.5 Å². The van der Waals surface area contributed by atoms with Gasteiger partial charge in [0.25, 0.3) is 0 Å². The van der Waals surface area contributed by atoms with Crippen molar-refractivity contribution in [3.63, 3.8) is 0 Å². The molecular formula is C15H18N4. The second-order valence-electron chi connectivity index (χ2n) is 5.48. The first-order valence-electron chi connectivity index (χ1n) is 7.13. The summed E-state index contributed by atoms with van der Waals surface area (Å²) in [5, 5.41) is 4.85. The Labute approximate surface area is 112 Å². The number of aryl methyl sites for hydroxylation is 2. The molecule has 2 aromatic heterocycles. The number of anilines is 1. The minimum atomic E-state index is 0.955. The molecule has 19 heavy (non-hydrogen) atoms. The van der Waals surface area contributed by atoms with E-state index >= 15 is 0 Å². The van der Waals surface area contributed by atoms with Crippen LogP contribution in [0, 0.1) is 0 Å². The number of aromatic nitrogens is 2. The van der Waals surface area contributed by atoms with Crippen LogP contribution in [0.25, 0.3) is 5.52 Å². The first-order chi connectivity index (χ1) is 9.38. The van der Waals surface area contributed by atoms with Crippen LogP contribution in [0.5, 0.6) is 0 Å². The molecule has 1 fully saturated rings. The average molecular weight is 254 g/mol. The lowest BCUT2D eigenvalue weighted by Crippen LogP contribution is -2.18. The molecule has 4 heteroatoms. The normalized spacial score (nSPS) is 18.2. The van der Waals surface area contributed by atoms with Crippen LogP contribution in [0.3, 0.4) is 0 Å². The maximum atomic E-state index is 4.85. The average Bonchev–Trinajstić information content (AvgIpc) is 3.15. The van der Waals surface area contributed by atoms with E-state index in [1.165, 1.54) is 36.9 Å². The second-order valence-corrected chi connectivity index (χ2v) is 5.48. The minimum absolute atomic E-state index is 0.955. The van der Waals surface area contributed by atoms with Gasteiger partial charge < -0.3 is 4.90 Å². The number of nitrogens with zero attached hydrogens (tertiary/aromatic N) is 4. The Hall–Kier alpha value is -1.84. The van der Waals surface area contributed by atoms with Gasteiger partial charge in [0.15, 0.2) is 5.82 Å². The van der Waals surface area contributed by atoms with Crippen LogP contribution < -0.4 is 4.90 Å². The summed E-state index contributed by atoms with van der Waals surface area (Å²) < 4.78 is 2.11. The van der Waals surface area contributed by atoms with Crippen molar-refractivity contribution >= 4 is 23.7 Å². The fourth-order valence-electron chi connectivity index (χ4n) is 3.41. The summed E-state index contributed by atoms with van der Waals surface area (Å²) in [6.45, 7) is 5.93. The Morgan fingerprint density at radius 2 is 1.95 bits per heavy atom. The van der Waals surface area contributed by atoms with Crippen LogP contribution in [0.4, 0.5) is 11.5 Å². The molecule has 0 spiro atoms. The Kier molecular flexibility index (Phi) is 2.37. The van der Waals surface area contributed by atoms with Gasteiger partial charge >= 0.3 is 0 Å². The number of rotatable bonds is 2. The molecule has 0 amide bonds. The Morgan fingerprint density at radius 3 is 2.74 bits per heavy atom. The number of hydrogen-bond donors (Lipinski definition) is 0. The van der Waals surface area contributed by atoms with Crippen molar-refractivity contribution in [1.82, 2.24) is 9.61 Å². The van der Waals surface area contributed by atoms with Gasteiger partial charge in [-0.25, -0.2) is 4.52 Å². The largest absolute Gasteiger partial charge is 0.353 e. The molecular weight excluding hydrogens is 236 g/mol. The standard InChI is InChI=1S/C15H18N4/c1-16-14-13-8-7-11-5-4-6-12(11)19(13)17-15(14)18-9-2-3-10-18/h7-8H,1-6,9-10H2. The van der Waals surface area contributed by atoms with Crippen LogP contribution in [0.1, 0.15) is 30.5 Å². The van der Waals surface area contributed by atoms with E-state index < -0.39 is 0 Å². The van der Waals surface area contributed by atoms with Gasteiger partial charge in [0.2, 0.25) is 0 Å². The summed E-state index contributed by atoms with van der Waals surface area (Å²) in [6, 6.07) is 4.39. The summed E-state index contributed by atoms with van der Waals surface area (Å²) >= 11 is 0. The van der Waals surface area contributed by atoms with Gasteiger partial charge in [-0.2, -0.15) is 0 Å². The molecule has 98 valence electrons. The molecule has 1 aliphatic heterocycles. The monoisotopic (exact) mass is 254 g/mol. The maximum Gasteiger partial charge on any atom is 0.177 e. The third-order valence-corrected chi connectivity index (χ3v) is 4.37. The van der Waals surface area contributed by atoms with Gasteiger partial charge in [-0.1, -0.05) is 6.07 Å². The summed E-state index contributed by atoms with van der Waals surface area (Å²) in [5.41, 5.74) is 4.88. The highest BCUT2D eigenvalue weighted by Gasteiger charge is 2.23. The van der Waals surface area contributed by atoms with Gasteiger partial charge in [-0.3, -0.25) is 4.99 Å². The third-order valence-electron chi connectivity index (χ3n) is 4.37. The van der Waals surface area contributed by atoms with Crippen LogP contribution in [0.15, 0.2) is 17.1 Å². The first kappa shape index (κ1) is 11.0. The molecule has 0 unspecified atom stereocenters. The molecule has 3 heterocycles. The van der Waals surface area contributed by atoms with E-state index in [9.17, 15) is 0 Å². The summed E-state index contributed by atoms with van der Waals surface area (Å²) in [6.07, 6.45) is 6.06. The molecule has 0 N–H and O–H groups in total. The van der Waals surface area contributed by atoms with Gasteiger partial charge in [-0.05, 0) is 50.5 Å². The highest BCUT2D eigenvalue weighted by Crippen LogP contribution is 2.36. The van der Waals surface area contributed by atoms with Crippen molar-refractivity contribution in [1.29, 1.82) is 0 Å². The first-order valence-corrected chi connectivity index (χ1v) is 7.13. The van der Waals surface area contributed by atoms with Crippen LogP contribution in [-0.4, -0.2) is 29.4 Å². The topological polar surface area (TPSA) is 32.9 Å². The summed E-state index contributed by atoms with van der Waals surface area (Å²) in [4.78, 5) is 6.60. The Morgan fingerprint density at radius 1 is 1.11 bits per heavy atom. The molecule has 1 aliphatic carbocycles. The van der Waals surface area contributed by atoms with E-state index in [-0.39, 0.29) is 0 Å². The Bertz CT molecular complexity index is 650. The van der Waals surface area contributed by atoms with E-state index in [2.05, 4.69) is 33.3 Å². The zero-order valence-electron chi connectivity index (χ0n) is 11.1.